The lowest BCUT2D eigenvalue weighted by Crippen LogP contribution is -1.94. The van der Waals surface area contributed by atoms with Crippen molar-refractivity contribution in [1.82, 2.24) is 4.98 Å². The first-order valence-electron chi connectivity index (χ1n) is 4.54. The van der Waals surface area contributed by atoms with Gasteiger partial charge in [-0.05, 0) is 12.1 Å². The Kier molecular flexibility index (Phi) is 3.99. The first kappa shape index (κ1) is 12.8. The Hall–Kier alpha value is -0.680. The molecule has 2 rings (SSSR count). The van der Waals surface area contributed by atoms with Crippen LogP contribution in [0.4, 0.5) is 5.13 Å². The maximum Gasteiger partial charge on any atom is 0.180 e. The zero-order chi connectivity index (χ0) is 12.4. The number of benzene rings is 1. The van der Waals surface area contributed by atoms with Gasteiger partial charge >= 0.3 is 0 Å². The molecule has 0 bridgehead atoms. The second kappa shape index (κ2) is 5.31. The number of nitrogens with zero attached hydrogens (tertiary/aromatic N) is 1. The summed E-state index contributed by atoms with van der Waals surface area (Å²) in [4.78, 5) is 4.81. The Morgan fingerprint density at radius 3 is 2.41 bits per heavy atom. The van der Waals surface area contributed by atoms with Gasteiger partial charge < -0.3 is 10.5 Å². The van der Waals surface area contributed by atoms with Gasteiger partial charge in [0.05, 0.1) is 14.9 Å². The Bertz CT molecular complexity index is 521. The smallest absolute Gasteiger partial charge is 0.180 e. The summed E-state index contributed by atoms with van der Waals surface area (Å²) in [6.45, 7) is 0.315. The van der Waals surface area contributed by atoms with Gasteiger partial charge in [-0.1, -0.05) is 46.1 Å². The Morgan fingerprint density at radius 2 is 1.88 bits per heavy atom. The van der Waals surface area contributed by atoms with Crippen molar-refractivity contribution >= 4 is 51.3 Å². The molecule has 1 heterocycles. The number of hydrogen-bond donors (Lipinski definition) is 1. The molecule has 0 unspecified atom stereocenters. The normalized spacial score (nSPS) is 10.5. The zero-order valence-electron chi connectivity index (χ0n) is 8.41. The molecule has 0 amide bonds. The van der Waals surface area contributed by atoms with Crippen molar-refractivity contribution in [3.8, 4) is 5.75 Å². The van der Waals surface area contributed by atoms with Gasteiger partial charge in [0.25, 0.3) is 0 Å². The molecular formula is C10H7Cl3N2OS. The van der Waals surface area contributed by atoms with Gasteiger partial charge in [-0.25, -0.2) is 4.98 Å². The molecule has 2 N–H and O–H groups in total. The molecule has 1 aromatic carbocycles. The highest BCUT2D eigenvalue weighted by Crippen LogP contribution is 2.36. The van der Waals surface area contributed by atoms with Crippen molar-refractivity contribution in [2.75, 3.05) is 5.73 Å². The maximum atomic E-state index is 5.98. The molecule has 0 aliphatic heterocycles. The van der Waals surface area contributed by atoms with Crippen molar-refractivity contribution in [3.63, 3.8) is 0 Å². The lowest BCUT2D eigenvalue weighted by atomic mass is 10.3. The molecule has 1 aromatic heterocycles. The standard InChI is InChI=1S/C10H7Cl3N2OS/c11-5-1-7(12)9(8(13)2-5)16-4-6-3-15-10(14)17-6/h1-3H,4H2,(H2,14,15). The van der Waals surface area contributed by atoms with Gasteiger partial charge in [-0.15, -0.1) is 0 Å². The highest BCUT2D eigenvalue weighted by molar-refractivity contribution is 7.15. The van der Waals surface area contributed by atoms with E-state index in [0.717, 1.165) is 4.88 Å². The van der Waals surface area contributed by atoms with Crippen LogP contribution in [0.3, 0.4) is 0 Å². The van der Waals surface area contributed by atoms with Crippen LogP contribution in [0.25, 0.3) is 0 Å². The number of ether oxygens (including phenoxy) is 1. The summed E-state index contributed by atoms with van der Waals surface area (Å²) < 4.78 is 5.51. The first-order valence-corrected chi connectivity index (χ1v) is 6.49. The number of aromatic nitrogens is 1. The fourth-order valence-electron chi connectivity index (χ4n) is 1.20. The van der Waals surface area contributed by atoms with Gasteiger partial charge in [-0.2, -0.15) is 0 Å². The molecule has 0 spiro atoms. The minimum Gasteiger partial charge on any atom is -0.485 e. The van der Waals surface area contributed by atoms with Crippen molar-refractivity contribution in [3.05, 3.63) is 38.3 Å². The van der Waals surface area contributed by atoms with E-state index in [0.29, 0.717) is 32.6 Å². The largest absolute Gasteiger partial charge is 0.485 e. The molecule has 2 aromatic rings. The fourth-order valence-corrected chi connectivity index (χ4v) is 2.72. The molecule has 0 aliphatic carbocycles. The van der Waals surface area contributed by atoms with Crippen LogP contribution in [0.5, 0.6) is 5.75 Å². The third-order valence-corrected chi connectivity index (χ3v) is 3.47. The maximum absolute atomic E-state index is 5.98. The summed E-state index contributed by atoms with van der Waals surface area (Å²) in [6.07, 6.45) is 1.65. The number of nitrogens with two attached hydrogens (primary N) is 1. The van der Waals surface area contributed by atoms with Crippen LogP contribution in [0.15, 0.2) is 18.3 Å². The van der Waals surface area contributed by atoms with Crippen molar-refractivity contribution < 1.29 is 4.74 Å². The fraction of sp³-hybridized carbons (Fsp3) is 0.100. The molecule has 0 fully saturated rings. The number of rotatable bonds is 3. The van der Waals surface area contributed by atoms with Gasteiger partial charge in [0.1, 0.15) is 6.61 Å². The van der Waals surface area contributed by atoms with E-state index in [1.807, 2.05) is 0 Å². The zero-order valence-corrected chi connectivity index (χ0v) is 11.5. The summed E-state index contributed by atoms with van der Waals surface area (Å²) in [6, 6.07) is 3.15. The summed E-state index contributed by atoms with van der Waals surface area (Å²) in [7, 11) is 0. The number of anilines is 1. The summed E-state index contributed by atoms with van der Waals surface area (Å²) in [5.74, 6) is 0.407. The second-order valence-corrected chi connectivity index (χ2v) is 5.55. The molecular weight excluding hydrogens is 303 g/mol. The van der Waals surface area contributed by atoms with Crippen LogP contribution < -0.4 is 10.5 Å². The quantitative estimate of drug-likeness (QED) is 0.921. The van der Waals surface area contributed by atoms with E-state index >= 15 is 0 Å². The molecule has 0 aliphatic rings. The van der Waals surface area contributed by atoms with Crippen LogP contribution in [-0.4, -0.2) is 4.98 Å². The molecule has 0 saturated carbocycles. The average molecular weight is 310 g/mol. The van der Waals surface area contributed by atoms with Crippen LogP contribution in [0, 0.1) is 0 Å². The van der Waals surface area contributed by atoms with Crippen molar-refractivity contribution in [2.45, 2.75) is 6.61 Å². The van der Waals surface area contributed by atoms with Crippen LogP contribution in [-0.2, 0) is 6.61 Å². The van der Waals surface area contributed by atoms with Crippen molar-refractivity contribution in [1.29, 1.82) is 0 Å². The van der Waals surface area contributed by atoms with E-state index < -0.39 is 0 Å². The topological polar surface area (TPSA) is 48.1 Å². The number of nitrogen functional groups attached to an aromatic ring is 1. The van der Waals surface area contributed by atoms with E-state index in [-0.39, 0.29) is 0 Å². The molecule has 17 heavy (non-hydrogen) atoms. The molecule has 90 valence electrons. The Morgan fingerprint density at radius 1 is 1.24 bits per heavy atom. The minimum atomic E-state index is 0.315. The van der Waals surface area contributed by atoms with Crippen LogP contribution in [0.1, 0.15) is 4.88 Å². The second-order valence-electron chi connectivity index (χ2n) is 3.15. The summed E-state index contributed by atoms with van der Waals surface area (Å²) in [5.41, 5.74) is 5.51. The highest BCUT2D eigenvalue weighted by Gasteiger charge is 2.10. The van der Waals surface area contributed by atoms with E-state index in [2.05, 4.69) is 4.98 Å². The average Bonchev–Trinajstić information content (AvgIpc) is 2.62. The van der Waals surface area contributed by atoms with E-state index in [1.165, 1.54) is 11.3 Å². The predicted molar refractivity (Wildman–Crippen MR) is 72.3 cm³/mol. The van der Waals surface area contributed by atoms with E-state index in [4.69, 9.17) is 45.3 Å². The Labute approximate surface area is 117 Å². The predicted octanol–water partition coefficient (Wildman–Crippen LogP) is 4.26. The first-order chi connectivity index (χ1) is 8.06. The monoisotopic (exact) mass is 308 g/mol. The molecule has 0 saturated heterocycles. The van der Waals surface area contributed by atoms with Gasteiger partial charge in [-0.3, -0.25) is 0 Å². The van der Waals surface area contributed by atoms with Crippen molar-refractivity contribution in [2.24, 2.45) is 0 Å². The number of thiazole rings is 1. The van der Waals surface area contributed by atoms with E-state index in [1.54, 1.807) is 18.3 Å². The molecule has 7 heteroatoms. The number of hydrogen-bond acceptors (Lipinski definition) is 4. The lowest BCUT2D eigenvalue weighted by molar-refractivity contribution is 0.310. The third-order valence-electron chi connectivity index (χ3n) is 1.89. The van der Waals surface area contributed by atoms with Crippen LogP contribution in [0.2, 0.25) is 15.1 Å². The van der Waals surface area contributed by atoms with E-state index in [9.17, 15) is 0 Å². The highest BCUT2D eigenvalue weighted by atomic mass is 35.5. The molecule has 0 radical (unpaired) electrons. The SMILES string of the molecule is Nc1ncc(COc2c(Cl)cc(Cl)cc2Cl)s1. The molecule has 3 nitrogen and oxygen atoms in total. The third kappa shape index (κ3) is 3.16. The van der Waals surface area contributed by atoms with Crippen LogP contribution >= 0.6 is 46.1 Å². The van der Waals surface area contributed by atoms with Gasteiger partial charge in [0, 0.05) is 11.2 Å². The number of halogens is 3. The Balaban J connectivity index is 2.14. The summed E-state index contributed by atoms with van der Waals surface area (Å²) >= 11 is 19.1. The molecule has 0 atom stereocenters. The van der Waals surface area contributed by atoms with Gasteiger partial charge in [0.15, 0.2) is 10.9 Å². The van der Waals surface area contributed by atoms with Gasteiger partial charge in [0.2, 0.25) is 0 Å². The minimum absolute atomic E-state index is 0.315. The lowest BCUT2D eigenvalue weighted by Gasteiger charge is -2.08. The summed E-state index contributed by atoms with van der Waals surface area (Å²) in [5, 5.41) is 1.71.